The van der Waals surface area contributed by atoms with Crippen LogP contribution >= 0.6 is 0 Å². The van der Waals surface area contributed by atoms with Gasteiger partial charge in [0.05, 0.1) is 11.5 Å². The molecule has 0 atom stereocenters. The predicted octanol–water partition coefficient (Wildman–Crippen LogP) is 0.412. The van der Waals surface area contributed by atoms with Crippen LogP contribution in [0.5, 0.6) is 0 Å². The number of hydrogen-bond donors (Lipinski definition) is 1. The number of aliphatic carboxylic acids is 1. The summed E-state index contributed by atoms with van der Waals surface area (Å²) in [6, 6.07) is -0.419. The molecule has 1 aliphatic rings. The molecule has 8 heteroatoms. The summed E-state index contributed by atoms with van der Waals surface area (Å²) in [4.78, 5) is 26.0. The van der Waals surface area contributed by atoms with Gasteiger partial charge in [0.15, 0.2) is 9.84 Å². The maximum Gasteiger partial charge on any atom is 0.323 e. The Hall–Kier alpha value is -1.31. The number of nitrogens with zero attached hydrogens (tertiary/aromatic N) is 2. The van der Waals surface area contributed by atoms with Crippen molar-refractivity contribution in [1.82, 2.24) is 9.80 Å². The molecule has 0 radical (unpaired) electrons. The van der Waals surface area contributed by atoms with Crippen LogP contribution in [0.3, 0.4) is 0 Å². The zero-order valence-electron chi connectivity index (χ0n) is 12.1. The van der Waals surface area contributed by atoms with E-state index in [1.807, 2.05) is 0 Å². The molecule has 0 unspecified atom stereocenters. The van der Waals surface area contributed by atoms with E-state index < -0.39 is 33.9 Å². The van der Waals surface area contributed by atoms with E-state index in [4.69, 9.17) is 5.11 Å². The van der Waals surface area contributed by atoms with Gasteiger partial charge in [-0.05, 0) is 27.2 Å². The van der Waals surface area contributed by atoms with Gasteiger partial charge in [0.1, 0.15) is 6.54 Å². The van der Waals surface area contributed by atoms with Crippen LogP contribution in [0.4, 0.5) is 4.79 Å². The van der Waals surface area contributed by atoms with E-state index in [2.05, 4.69) is 0 Å². The van der Waals surface area contributed by atoms with Gasteiger partial charge < -0.3 is 14.9 Å². The van der Waals surface area contributed by atoms with Crippen molar-refractivity contribution < 1.29 is 23.1 Å². The van der Waals surface area contributed by atoms with Crippen LogP contribution in [-0.2, 0) is 14.6 Å². The number of carboxylic acid groups (broad SMARTS) is 1. The van der Waals surface area contributed by atoms with Crippen molar-refractivity contribution in [2.45, 2.75) is 32.7 Å². The van der Waals surface area contributed by atoms with Crippen LogP contribution in [-0.4, -0.2) is 72.0 Å². The number of amides is 2. The number of hydrogen-bond acceptors (Lipinski definition) is 4. The third kappa shape index (κ3) is 4.66. The first-order chi connectivity index (χ1) is 9.03. The van der Waals surface area contributed by atoms with Crippen molar-refractivity contribution >= 4 is 21.8 Å². The van der Waals surface area contributed by atoms with Crippen molar-refractivity contribution in [2.75, 3.05) is 31.1 Å². The molecule has 1 fully saturated rings. The maximum absolute atomic E-state index is 12.4. The van der Waals surface area contributed by atoms with Gasteiger partial charge in [-0.15, -0.1) is 0 Å². The van der Waals surface area contributed by atoms with Gasteiger partial charge in [-0.1, -0.05) is 0 Å². The Kier molecular flexibility index (Phi) is 5.01. The number of carbonyl (C=O) groups excluding carboxylic acids is 1. The van der Waals surface area contributed by atoms with Gasteiger partial charge >= 0.3 is 12.0 Å². The van der Waals surface area contributed by atoms with Crippen molar-refractivity contribution in [3.05, 3.63) is 0 Å². The van der Waals surface area contributed by atoms with Crippen molar-refractivity contribution in [2.24, 2.45) is 0 Å². The smallest absolute Gasteiger partial charge is 0.323 e. The van der Waals surface area contributed by atoms with Crippen LogP contribution in [0.15, 0.2) is 0 Å². The van der Waals surface area contributed by atoms with Gasteiger partial charge in [-0.3, -0.25) is 4.79 Å². The second kappa shape index (κ2) is 5.99. The second-order valence-corrected chi connectivity index (χ2v) is 8.23. The van der Waals surface area contributed by atoms with E-state index in [1.165, 1.54) is 9.80 Å². The lowest BCUT2D eigenvalue weighted by Crippen LogP contribution is -2.54. The van der Waals surface area contributed by atoms with Gasteiger partial charge in [0.2, 0.25) is 0 Å². The van der Waals surface area contributed by atoms with Crippen LogP contribution in [0.2, 0.25) is 0 Å². The Labute approximate surface area is 119 Å². The molecule has 0 bridgehead atoms. The van der Waals surface area contributed by atoms with E-state index in [0.717, 1.165) is 0 Å². The number of carbonyl (C=O) groups is 2. The number of sulfone groups is 1. The minimum Gasteiger partial charge on any atom is -0.480 e. The molecule has 1 heterocycles. The van der Waals surface area contributed by atoms with Gasteiger partial charge in [-0.25, -0.2) is 13.2 Å². The Bertz CT molecular complexity index is 481. The molecular formula is C12H22N2O5S. The average Bonchev–Trinajstić information content (AvgIpc) is 2.44. The molecule has 0 aliphatic carbocycles. The average molecular weight is 306 g/mol. The Morgan fingerprint density at radius 1 is 1.20 bits per heavy atom. The maximum atomic E-state index is 12.4. The third-order valence-electron chi connectivity index (χ3n) is 3.16. The van der Waals surface area contributed by atoms with Crippen LogP contribution < -0.4 is 0 Å². The summed E-state index contributed by atoms with van der Waals surface area (Å²) in [5.41, 5.74) is -0.638. The number of carboxylic acids is 1. The zero-order valence-corrected chi connectivity index (χ0v) is 12.9. The summed E-state index contributed by atoms with van der Waals surface area (Å²) in [5.74, 6) is -1.08. The summed E-state index contributed by atoms with van der Waals surface area (Å²) in [6.45, 7) is 5.32. The largest absolute Gasteiger partial charge is 0.480 e. The first-order valence-corrected chi connectivity index (χ1v) is 8.34. The SMILES string of the molecule is CC(C)(C)N(CC(=O)O)C(=O)N1CCCS(=O)(=O)CC1. The Morgan fingerprint density at radius 3 is 2.30 bits per heavy atom. The highest BCUT2D eigenvalue weighted by molar-refractivity contribution is 7.91. The summed E-state index contributed by atoms with van der Waals surface area (Å²) in [7, 11) is -3.10. The van der Waals surface area contributed by atoms with Crippen LogP contribution in [0.25, 0.3) is 0 Å². The zero-order chi connectivity index (χ0) is 15.6. The molecule has 0 saturated carbocycles. The van der Waals surface area contributed by atoms with Crippen LogP contribution in [0, 0.1) is 0 Å². The summed E-state index contributed by atoms with van der Waals surface area (Å²) >= 11 is 0. The predicted molar refractivity (Wildman–Crippen MR) is 74.3 cm³/mol. The summed E-state index contributed by atoms with van der Waals surface area (Å²) in [6.07, 6.45) is 0.388. The Morgan fingerprint density at radius 2 is 1.80 bits per heavy atom. The molecule has 1 rings (SSSR count). The van der Waals surface area contributed by atoms with Gasteiger partial charge in [0.25, 0.3) is 0 Å². The van der Waals surface area contributed by atoms with Crippen molar-refractivity contribution in [3.63, 3.8) is 0 Å². The van der Waals surface area contributed by atoms with E-state index in [0.29, 0.717) is 13.0 Å². The molecule has 20 heavy (non-hydrogen) atoms. The van der Waals surface area contributed by atoms with E-state index in [9.17, 15) is 18.0 Å². The fraction of sp³-hybridized carbons (Fsp3) is 0.833. The highest BCUT2D eigenvalue weighted by Gasteiger charge is 2.33. The topological polar surface area (TPSA) is 95.0 Å². The fourth-order valence-corrected chi connectivity index (χ4v) is 3.30. The lowest BCUT2D eigenvalue weighted by Gasteiger charge is -2.38. The minimum atomic E-state index is -3.10. The second-order valence-electron chi connectivity index (χ2n) is 5.93. The number of urea groups is 1. The quantitative estimate of drug-likeness (QED) is 0.797. The lowest BCUT2D eigenvalue weighted by molar-refractivity contribution is -0.138. The van der Waals surface area contributed by atoms with Crippen LogP contribution in [0.1, 0.15) is 27.2 Å². The molecule has 0 aromatic heterocycles. The molecule has 1 saturated heterocycles. The third-order valence-corrected chi connectivity index (χ3v) is 4.88. The molecular weight excluding hydrogens is 284 g/mol. The van der Waals surface area contributed by atoms with Crippen molar-refractivity contribution in [3.8, 4) is 0 Å². The molecule has 0 spiro atoms. The summed E-state index contributed by atoms with van der Waals surface area (Å²) in [5, 5.41) is 8.92. The highest BCUT2D eigenvalue weighted by Crippen LogP contribution is 2.17. The first kappa shape index (κ1) is 16.7. The molecule has 1 N–H and O–H groups in total. The minimum absolute atomic E-state index is 0.0657. The fourth-order valence-electron chi connectivity index (χ4n) is 2.03. The molecule has 1 aliphatic heterocycles. The molecule has 0 aromatic rings. The highest BCUT2D eigenvalue weighted by atomic mass is 32.2. The molecule has 2 amide bonds. The first-order valence-electron chi connectivity index (χ1n) is 6.52. The normalized spacial score (nSPS) is 19.2. The van der Waals surface area contributed by atoms with Crippen molar-refractivity contribution in [1.29, 1.82) is 0 Å². The lowest BCUT2D eigenvalue weighted by atomic mass is 10.1. The molecule has 0 aromatic carbocycles. The monoisotopic (exact) mass is 306 g/mol. The molecule has 7 nitrogen and oxygen atoms in total. The van der Waals surface area contributed by atoms with E-state index >= 15 is 0 Å². The van der Waals surface area contributed by atoms with E-state index in [1.54, 1.807) is 20.8 Å². The standard InChI is InChI=1S/C12H22N2O5S/c1-12(2,3)14(9-10(15)16)11(17)13-5-4-7-20(18,19)8-6-13/h4-9H2,1-3H3,(H,15,16). The summed E-state index contributed by atoms with van der Waals surface area (Å²) < 4.78 is 23.1. The van der Waals surface area contributed by atoms with Gasteiger partial charge in [-0.2, -0.15) is 0 Å². The Balaban J connectivity index is 2.87. The van der Waals surface area contributed by atoms with E-state index in [-0.39, 0.29) is 18.1 Å². The molecule has 116 valence electrons. The number of rotatable bonds is 2. The van der Waals surface area contributed by atoms with Gasteiger partial charge in [0, 0.05) is 18.6 Å².